The minimum absolute atomic E-state index is 0.245. The first-order valence-corrected chi connectivity index (χ1v) is 12.2. The number of benzene rings is 2. The van der Waals surface area contributed by atoms with E-state index in [2.05, 4.69) is 18.5 Å². The first kappa shape index (κ1) is 27.0. The number of carbonyl (C=O) groups excluding carboxylic acids is 2. The molecule has 6 nitrogen and oxygen atoms in total. The average molecular weight is 495 g/mol. The molecule has 0 fully saturated rings. The first-order valence-electron chi connectivity index (χ1n) is 12.2. The summed E-state index contributed by atoms with van der Waals surface area (Å²) in [5, 5.41) is 2.73. The van der Waals surface area contributed by atoms with E-state index in [4.69, 9.17) is 9.47 Å². The van der Waals surface area contributed by atoms with E-state index < -0.39 is 23.6 Å². The van der Waals surface area contributed by atoms with Crippen LogP contribution in [0.1, 0.15) is 56.7 Å². The van der Waals surface area contributed by atoms with Gasteiger partial charge in [0.05, 0.1) is 5.69 Å². The first-order chi connectivity index (χ1) is 17.0. The number of anilines is 1. The molecule has 0 radical (unpaired) electrons. The summed E-state index contributed by atoms with van der Waals surface area (Å²) < 4.78 is 25.7. The molecular weight excluding hydrogens is 459 g/mol. The second-order valence-electron chi connectivity index (χ2n) is 9.88. The van der Waals surface area contributed by atoms with Crippen molar-refractivity contribution in [2.24, 2.45) is 0 Å². The molecule has 3 rings (SSSR count). The van der Waals surface area contributed by atoms with Crippen molar-refractivity contribution in [3.05, 3.63) is 72.1 Å². The number of alkyl carbamates (subject to hydrolysis) is 1. The number of unbranched alkanes of at least 4 members (excludes halogenated alkanes) is 2. The number of ether oxygens (including phenoxy) is 2. The Bertz CT molecular complexity index is 1150. The van der Waals surface area contributed by atoms with Gasteiger partial charge in [-0.25, -0.2) is 9.18 Å². The molecule has 0 saturated heterocycles. The highest BCUT2D eigenvalue weighted by atomic mass is 19.1. The lowest BCUT2D eigenvalue weighted by atomic mass is 9.94. The van der Waals surface area contributed by atoms with E-state index in [1.807, 2.05) is 25.1 Å². The molecule has 1 N–H and O–H groups in total. The van der Waals surface area contributed by atoms with Gasteiger partial charge >= 0.3 is 6.09 Å². The van der Waals surface area contributed by atoms with Crippen LogP contribution in [0, 0.1) is 12.7 Å². The summed E-state index contributed by atoms with van der Waals surface area (Å²) in [6, 6.07) is 7.31. The van der Waals surface area contributed by atoms with Crippen LogP contribution >= 0.6 is 0 Å². The molecule has 2 aromatic rings. The summed E-state index contributed by atoms with van der Waals surface area (Å²) >= 11 is 0. The largest absolute Gasteiger partial charge is 0.454 e. The Hall–Kier alpha value is -3.61. The number of nitrogens with zero attached hydrogens (tertiary/aromatic N) is 1. The summed E-state index contributed by atoms with van der Waals surface area (Å²) in [5.74, 6) is 0.117. The van der Waals surface area contributed by atoms with E-state index in [0.717, 1.165) is 30.4 Å². The zero-order chi connectivity index (χ0) is 26.5. The molecule has 7 heteroatoms. The van der Waals surface area contributed by atoms with Gasteiger partial charge in [0, 0.05) is 24.6 Å². The van der Waals surface area contributed by atoms with Gasteiger partial charge in [-0.05, 0) is 70.2 Å². The van der Waals surface area contributed by atoms with Gasteiger partial charge in [0.2, 0.25) is 5.91 Å². The van der Waals surface area contributed by atoms with Crippen molar-refractivity contribution in [1.29, 1.82) is 0 Å². The topological polar surface area (TPSA) is 67.9 Å². The number of aryl methyl sites for hydroxylation is 1. The van der Waals surface area contributed by atoms with Crippen LogP contribution in [0.4, 0.5) is 14.9 Å². The molecule has 0 aliphatic carbocycles. The maximum absolute atomic E-state index is 14.1. The molecule has 192 valence electrons. The Kier molecular flexibility index (Phi) is 8.56. The molecule has 0 aromatic heterocycles. The van der Waals surface area contributed by atoms with Crippen LogP contribution in [0.3, 0.4) is 0 Å². The smallest absolute Gasteiger partial charge is 0.408 e. The van der Waals surface area contributed by atoms with Gasteiger partial charge in [-0.2, -0.15) is 0 Å². The number of carbonyl (C=O) groups is 2. The number of fused-ring (bicyclic) bond motifs is 1. The molecule has 36 heavy (non-hydrogen) atoms. The quantitative estimate of drug-likeness (QED) is 0.311. The maximum Gasteiger partial charge on any atom is 0.408 e. The molecule has 1 heterocycles. The molecule has 2 amide bonds. The van der Waals surface area contributed by atoms with Crippen LogP contribution in [0.15, 0.2) is 49.6 Å². The fourth-order valence-electron chi connectivity index (χ4n) is 4.13. The van der Waals surface area contributed by atoms with Gasteiger partial charge in [-0.1, -0.05) is 30.9 Å². The molecule has 0 spiro atoms. The van der Waals surface area contributed by atoms with Crippen molar-refractivity contribution in [2.45, 2.75) is 65.0 Å². The second kappa shape index (κ2) is 11.4. The molecule has 2 aromatic carbocycles. The standard InChI is InChI=1S/C29H35FN2O4/c1-7-9-10-11-16-32-25-21(17-23(27(32)33)31-28(34)36-29(4,5)6)13-12-19(3)26(25)35-24-18-22(30)15-14-20(24)8-2/h7-8,12-15,18,23H,1-2,9-11,16-17H2,3-6H3,(H,31,34)/t23-/m1/s1. The molecule has 1 aliphatic heterocycles. The lowest BCUT2D eigenvalue weighted by molar-refractivity contribution is -0.121. The van der Waals surface area contributed by atoms with Crippen molar-refractivity contribution in [1.82, 2.24) is 5.32 Å². The van der Waals surface area contributed by atoms with Gasteiger partial charge < -0.3 is 19.7 Å². The van der Waals surface area contributed by atoms with Gasteiger partial charge in [0.1, 0.15) is 23.2 Å². The third kappa shape index (κ3) is 6.53. The summed E-state index contributed by atoms with van der Waals surface area (Å²) in [4.78, 5) is 27.8. The number of rotatable bonds is 9. The molecule has 0 unspecified atom stereocenters. The zero-order valence-corrected chi connectivity index (χ0v) is 21.5. The monoisotopic (exact) mass is 494 g/mol. The SMILES string of the molecule is C=CCCCCN1C(=O)[C@H](NC(=O)OC(C)(C)C)Cc2ccc(C)c(Oc3cc(F)ccc3C=C)c21. The molecule has 1 aliphatic rings. The third-order valence-electron chi connectivity index (χ3n) is 5.81. The second-order valence-corrected chi connectivity index (χ2v) is 9.88. The van der Waals surface area contributed by atoms with E-state index in [-0.39, 0.29) is 12.3 Å². The number of hydrogen-bond donors (Lipinski definition) is 1. The highest BCUT2D eigenvalue weighted by Crippen LogP contribution is 2.42. The zero-order valence-electron chi connectivity index (χ0n) is 21.5. The molecular formula is C29H35FN2O4. The van der Waals surface area contributed by atoms with Crippen LogP contribution in [0.5, 0.6) is 11.5 Å². The fourth-order valence-corrected chi connectivity index (χ4v) is 4.13. The number of hydrogen-bond acceptors (Lipinski definition) is 4. The molecule has 1 atom stereocenters. The van der Waals surface area contributed by atoms with Crippen molar-refractivity contribution in [2.75, 3.05) is 11.4 Å². The van der Waals surface area contributed by atoms with E-state index in [9.17, 15) is 14.0 Å². The number of amides is 2. The lowest BCUT2D eigenvalue weighted by Gasteiger charge is -2.36. The van der Waals surface area contributed by atoms with Crippen molar-refractivity contribution in [3.8, 4) is 11.5 Å². The Morgan fingerprint density at radius 1 is 1.22 bits per heavy atom. The molecule has 0 saturated carbocycles. The van der Waals surface area contributed by atoms with E-state index in [1.54, 1.807) is 37.8 Å². The predicted octanol–water partition coefficient (Wildman–Crippen LogP) is 6.71. The Morgan fingerprint density at radius 2 is 1.97 bits per heavy atom. The lowest BCUT2D eigenvalue weighted by Crippen LogP contribution is -2.54. The average Bonchev–Trinajstić information content (AvgIpc) is 2.79. The highest BCUT2D eigenvalue weighted by Gasteiger charge is 2.37. The summed E-state index contributed by atoms with van der Waals surface area (Å²) in [6.45, 7) is 15.2. The van der Waals surface area contributed by atoms with E-state index in [0.29, 0.717) is 29.3 Å². The minimum atomic E-state index is -0.778. The third-order valence-corrected chi connectivity index (χ3v) is 5.81. The number of halogens is 1. The number of nitrogens with one attached hydrogen (secondary N) is 1. The highest BCUT2D eigenvalue weighted by molar-refractivity contribution is 6.03. The van der Waals surface area contributed by atoms with Crippen LogP contribution < -0.4 is 15.0 Å². The summed E-state index contributed by atoms with van der Waals surface area (Å²) in [7, 11) is 0. The van der Waals surface area contributed by atoms with Crippen LogP contribution in [-0.2, 0) is 16.0 Å². The van der Waals surface area contributed by atoms with E-state index in [1.165, 1.54) is 12.1 Å². The Morgan fingerprint density at radius 3 is 2.64 bits per heavy atom. The van der Waals surface area contributed by atoms with Crippen molar-refractivity contribution >= 4 is 23.8 Å². The normalized spacial score (nSPS) is 15.2. The Labute approximate surface area is 212 Å². The van der Waals surface area contributed by atoms with Crippen LogP contribution in [-0.4, -0.2) is 30.2 Å². The predicted molar refractivity (Wildman–Crippen MR) is 141 cm³/mol. The van der Waals surface area contributed by atoms with E-state index >= 15 is 0 Å². The maximum atomic E-state index is 14.1. The Balaban J connectivity index is 2.02. The van der Waals surface area contributed by atoms with Crippen LogP contribution in [0.25, 0.3) is 6.08 Å². The van der Waals surface area contributed by atoms with Crippen molar-refractivity contribution in [3.63, 3.8) is 0 Å². The van der Waals surface area contributed by atoms with Crippen LogP contribution in [0.2, 0.25) is 0 Å². The summed E-state index contributed by atoms with van der Waals surface area (Å²) in [5.41, 5.74) is 2.24. The fraction of sp³-hybridized carbons (Fsp3) is 0.379. The van der Waals surface area contributed by atoms with Crippen molar-refractivity contribution < 1.29 is 23.5 Å². The van der Waals surface area contributed by atoms with Gasteiger partial charge in [-0.3, -0.25) is 4.79 Å². The minimum Gasteiger partial charge on any atom is -0.454 e. The van der Waals surface area contributed by atoms with Gasteiger partial charge in [0.15, 0.2) is 5.75 Å². The van der Waals surface area contributed by atoms with Gasteiger partial charge in [-0.15, -0.1) is 6.58 Å². The molecule has 0 bridgehead atoms. The number of allylic oxidation sites excluding steroid dienone is 1. The summed E-state index contributed by atoms with van der Waals surface area (Å²) in [6.07, 6.45) is 5.51. The van der Waals surface area contributed by atoms with Gasteiger partial charge in [0.25, 0.3) is 0 Å².